The summed E-state index contributed by atoms with van der Waals surface area (Å²) in [5.74, 6) is 0.0360. The van der Waals surface area contributed by atoms with Crippen molar-refractivity contribution in [2.45, 2.75) is 19.9 Å². The lowest BCUT2D eigenvalue weighted by Crippen LogP contribution is -2.32. The van der Waals surface area contributed by atoms with Crippen LogP contribution in [0.15, 0.2) is 42.5 Å². The fourth-order valence-electron chi connectivity index (χ4n) is 3.76. The number of H-pyrrole nitrogens is 1. The van der Waals surface area contributed by atoms with Crippen molar-refractivity contribution in [3.63, 3.8) is 0 Å². The van der Waals surface area contributed by atoms with Crippen LogP contribution < -0.4 is 0 Å². The van der Waals surface area contributed by atoms with Gasteiger partial charge in [0, 0.05) is 24.8 Å². The molecule has 4 rings (SSSR count). The van der Waals surface area contributed by atoms with E-state index < -0.39 is 0 Å². The molecule has 0 radical (unpaired) electrons. The maximum Gasteiger partial charge on any atom is 0.273 e. The number of phenols is 1. The summed E-state index contributed by atoms with van der Waals surface area (Å²) in [6, 6.07) is 13.3. The van der Waals surface area contributed by atoms with Gasteiger partial charge in [0.15, 0.2) is 0 Å². The second-order valence-corrected chi connectivity index (χ2v) is 7.19. The first-order chi connectivity index (χ1) is 13.5. The molecule has 2 N–H and O–H groups in total. The van der Waals surface area contributed by atoms with Gasteiger partial charge in [-0.05, 0) is 31.5 Å². The molecule has 0 aliphatic carbocycles. The summed E-state index contributed by atoms with van der Waals surface area (Å²) in [5, 5.41) is 17.7. The Morgan fingerprint density at radius 3 is 2.57 bits per heavy atom. The summed E-state index contributed by atoms with van der Waals surface area (Å²) >= 11 is 0. The molecule has 1 unspecified atom stereocenters. The van der Waals surface area contributed by atoms with Crippen molar-refractivity contribution in [1.82, 2.24) is 15.1 Å². The van der Waals surface area contributed by atoms with E-state index in [4.69, 9.17) is 4.74 Å². The second-order valence-electron chi connectivity index (χ2n) is 7.19. The van der Waals surface area contributed by atoms with Crippen LogP contribution in [-0.4, -0.2) is 46.4 Å². The number of carbonyl (C=O) groups is 1. The number of aryl methyl sites for hydroxylation is 2. The van der Waals surface area contributed by atoms with E-state index in [-0.39, 0.29) is 17.7 Å². The summed E-state index contributed by atoms with van der Waals surface area (Å²) < 4.78 is 5.22. The normalized spacial score (nSPS) is 15.9. The van der Waals surface area contributed by atoms with Gasteiger partial charge in [-0.3, -0.25) is 9.89 Å². The number of hydrogen-bond donors (Lipinski definition) is 2. The quantitative estimate of drug-likeness (QED) is 0.712. The zero-order chi connectivity index (χ0) is 19.8. The molecule has 2 heterocycles. The van der Waals surface area contributed by atoms with Crippen molar-refractivity contribution >= 4 is 5.91 Å². The van der Waals surface area contributed by atoms with Crippen LogP contribution in [0.4, 0.5) is 0 Å². The minimum atomic E-state index is -0.285. The Kier molecular flexibility index (Phi) is 4.65. The molecule has 0 saturated heterocycles. The fraction of sp³-hybridized carbons (Fsp3) is 0.273. The molecule has 0 bridgehead atoms. The van der Waals surface area contributed by atoms with Gasteiger partial charge in [-0.1, -0.05) is 41.5 Å². The van der Waals surface area contributed by atoms with Gasteiger partial charge >= 0.3 is 0 Å². The summed E-state index contributed by atoms with van der Waals surface area (Å²) in [7, 11) is 1.62. The van der Waals surface area contributed by atoms with E-state index in [2.05, 4.69) is 10.2 Å². The van der Waals surface area contributed by atoms with Crippen molar-refractivity contribution in [3.05, 3.63) is 70.4 Å². The van der Waals surface area contributed by atoms with Crippen LogP contribution in [0.5, 0.6) is 5.75 Å². The molecule has 6 heteroatoms. The molecule has 0 fully saturated rings. The Morgan fingerprint density at radius 1 is 1.14 bits per heavy atom. The number of rotatable bonds is 5. The zero-order valence-corrected chi connectivity index (χ0v) is 16.2. The van der Waals surface area contributed by atoms with Gasteiger partial charge in [-0.15, -0.1) is 0 Å². The Bertz CT molecular complexity index is 1020. The van der Waals surface area contributed by atoms with Crippen LogP contribution in [0.2, 0.25) is 0 Å². The van der Waals surface area contributed by atoms with E-state index in [0.717, 1.165) is 22.3 Å². The van der Waals surface area contributed by atoms with E-state index in [1.54, 1.807) is 18.1 Å². The second kappa shape index (κ2) is 7.13. The Balaban J connectivity index is 1.89. The number of phenolic OH excluding ortho intramolecular Hbond substituents is 1. The molecule has 28 heavy (non-hydrogen) atoms. The standard InChI is InChI=1S/C22H23N3O3/c1-13-4-7-15(8-5-13)21-18-19(16-12-14(2)6-9-17(16)26)23-24-20(18)22(27)25(21)10-11-28-3/h4-9,12,21,26H,10-11H2,1-3H3,(H,23,24). The summed E-state index contributed by atoms with van der Waals surface area (Å²) in [6.45, 7) is 4.90. The third-order valence-electron chi connectivity index (χ3n) is 5.20. The summed E-state index contributed by atoms with van der Waals surface area (Å²) in [5.41, 5.74) is 5.66. The van der Waals surface area contributed by atoms with E-state index in [0.29, 0.717) is 30.1 Å². The average Bonchev–Trinajstić information content (AvgIpc) is 3.22. The summed E-state index contributed by atoms with van der Waals surface area (Å²) in [6.07, 6.45) is 0. The number of aromatic nitrogens is 2. The highest BCUT2D eigenvalue weighted by molar-refractivity contribution is 6.00. The lowest BCUT2D eigenvalue weighted by Gasteiger charge is -2.26. The van der Waals surface area contributed by atoms with Crippen molar-refractivity contribution in [2.75, 3.05) is 20.3 Å². The van der Waals surface area contributed by atoms with Crippen LogP contribution in [0, 0.1) is 13.8 Å². The number of nitrogens with one attached hydrogen (secondary N) is 1. The van der Waals surface area contributed by atoms with E-state index in [1.165, 1.54) is 0 Å². The zero-order valence-electron chi connectivity index (χ0n) is 16.2. The predicted octanol–water partition coefficient (Wildman–Crippen LogP) is 3.59. The first-order valence-corrected chi connectivity index (χ1v) is 9.26. The van der Waals surface area contributed by atoms with Crippen molar-refractivity contribution in [3.8, 4) is 17.0 Å². The van der Waals surface area contributed by atoms with Crippen LogP contribution in [0.3, 0.4) is 0 Å². The van der Waals surface area contributed by atoms with Gasteiger partial charge in [0.25, 0.3) is 5.91 Å². The maximum absolute atomic E-state index is 13.1. The van der Waals surface area contributed by atoms with Crippen LogP contribution in [0.1, 0.15) is 38.8 Å². The highest BCUT2D eigenvalue weighted by Crippen LogP contribution is 2.44. The number of methoxy groups -OCH3 is 1. The molecule has 0 saturated carbocycles. The highest BCUT2D eigenvalue weighted by atomic mass is 16.5. The van der Waals surface area contributed by atoms with Crippen molar-refractivity contribution in [1.29, 1.82) is 0 Å². The molecule has 1 aliphatic heterocycles. The lowest BCUT2D eigenvalue weighted by molar-refractivity contribution is 0.0677. The minimum Gasteiger partial charge on any atom is -0.507 e. The van der Waals surface area contributed by atoms with E-state index in [9.17, 15) is 9.90 Å². The summed E-state index contributed by atoms with van der Waals surface area (Å²) in [4.78, 5) is 14.9. The molecule has 0 spiro atoms. The number of fused-ring (bicyclic) bond motifs is 1. The van der Waals surface area contributed by atoms with Gasteiger partial charge in [-0.2, -0.15) is 5.10 Å². The van der Waals surface area contributed by atoms with E-state index >= 15 is 0 Å². The Morgan fingerprint density at radius 2 is 1.86 bits per heavy atom. The number of benzene rings is 2. The third kappa shape index (κ3) is 2.96. The van der Waals surface area contributed by atoms with Crippen molar-refractivity contribution in [2.24, 2.45) is 0 Å². The average molecular weight is 377 g/mol. The first kappa shape index (κ1) is 18.3. The number of nitrogens with zero attached hydrogens (tertiary/aromatic N) is 2. The third-order valence-corrected chi connectivity index (χ3v) is 5.20. The maximum atomic E-state index is 13.1. The van der Waals surface area contributed by atoms with Gasteiger partial charge in [0.2, 0.25) is 0 Å². The Labute approximate surface area is 163 Å². The highest BCUT2D eigenvalue weighted by Gasteiger charge is 2.42. The molecule has 1 amide bonds. The molecule has 1 aromatic heterocycles. The molecule has 3 aromatic rings. The van der Waals surface area contributed by atoms with Crippen LogP contribution >= 0.6 is 0 Å². The molecular formula is C22H23N3O3. The molecular weight excluding hydrogens is 354 g/mol. The number of aromatic amines is 1. The minimum absolute atomic E-state index is 0.108. The molecule has 2 aromatic carbocycles. The van der Waals surface area contributed by atoms with Crippen LogP contribution in [0.25, 0.3) is 11.3 Å². The number of aromatic hydroxyl groups is 1. The monoisotopic (exact) mass is 377 g/mol. The molecule has 6 nitrogen and oxygen atoms in total. The van der Waals surface area contributed by atoms with Gasteiger partial charge < -0.3 is 14.7 Å². The SMILES string of the molecule is COCCN1C(=O)c2[nH]nc(-c3cc(C)ccc3O)c2C1c1ccc(C)cc1. The van der Waals surface area contributed by atoms with Crippen LogP contribution in [-0.2, 0) is 4.74 Å². The van der Waals surface area contributed by atoms with Crippen molar-refractivity contribution < 1.29 is 14.6 Å². The number of ether oxygens (including phenoxy) is 1. The fourth-order valence-corrected chi connectivity index (χ4v) is 3.76. The largest absolute Gasteiger partial charge is 0.507 e. The number of carbonyl (C=O) groups excluding carboxylic acids is 1. The van der Waals surface area contributed by atoms with E-state index in [1.807, 2.05) is 50.2 Å². The molecule has 144 valence electrons. The Hall–Kier alpha value is -3.12. The predicted molar refractivity (Wildman–Crippen MR) is 106 cm³/mol. The smallest absolute Gasteiger partial charge is 0.273 e. The lowest BCUT2D eigenvalue weighted by atomic mass is 9.94. The first-order valence-electron chi connectivity index (χ1n) is 9.26. The number of amides is 1. The molecule has 1 atom stereocenters. The molecule has 1 aliphatic rings. The van der Waals surface area contributed by atoms with Gasteiger partial charge in [0.05, 0.1) is 12.6 Å². The topological polar surface area (TPSA) is 78.5 Å². The van der Waals surface area contributed by atoms with Gasteiger partial charge in [0.1, 0.15) is 17.1 Å². The number of hydrogen-bond acceptors (Lipinski definition) is 4. The van der Waals surface area contributed by atoms with Gasteiger partial charge in [-0.25, -0.2) is 0 Å².